The summed E-state index contributed by atoms with van der Waals surface area (Å²) in [6.45, 7) is 0.739. The van der Waals surface area contributed by atoms with Crippen LogP contribution in [0.15, 0.2) is 5.38 Å². The van der Waals surface area contributed by atoms with Crippen molar-refractivity contribution in [3.8, 4) is 0 Å². The molecular weight excluding hydrogens is 188 g/mol. The van der Waals surface area contributed by atoms with Crippen LogP contribution in [0.2, 0.25) is 0 Å². The molecule has 0 aromatic carbocycles. The minimum Gasteiger partial charge on any atom is -0.303 e. The van der Waals surface area contributed by atoms with Gasteiger partial charge in [0.05, 0.1) is 0 Å². The zero-order chi connectivity index (χ0) is 9.84. The predicted octanol–water partition coefficient (Wildman–Crippen LogP) is -0.192. The molecule has 0 spiro atoms. The van der Waals surface area contributed by atoms with Gasteiger partial charge in [0.25, 0.3) is 5.91 Å². The quantitative estimate of drug-likeness (QED) is 0.403. The lowest BCUT2D eigenvalue weighted by atomic mass is 10.5. The Morgan fingerprint density at radius 3 is 3.00 bits per heavy atom. The van der Waals surface area contributed by atoms with Crippen LogP contribution in [-0.2, 0) is 6.54 Å². The molecule has 0 saturated heterocycles. The molecule has 13 heavy (non-hydrogen) atoms. The van der Waals surface area contributed by atoms with E-state index >= 15 is 0 Å². The van der Waals surface area contributed by atoms with Gasteiger partial charge in [0.2, 0.25) is 0 Å². The lowest BCUT2D eigenvalue weighted by molar-refractivity contribution is 0.0949. The van der Waals surface area contributed by atoms with Gasteiger partial charge in [-0.25, -0.2) is 10.8 Å². The van der Waals surface area contributed by atoms with Crippen LogP contribution in [0.3, 0.4) is 0 Å². The van der Waals surface area contributed by atoms with Crippen LogP contribution in [0.25, 0.3) is 0 Å². The number of thiazole rings is 1. The number of hydrazine groups is 1. The first-order valence-electron chi connectivity index (χ1n) is 3.73. The highest BCUT2D eigenvalue weighted by molar-refractivity contribution is 7.09. The predicted molar refractivity (Wildman–Crippen MR) is 51.2 cm³/mol. The van der Waals surface area contributed by atoms with E-state index in [2.05, 4.69) is 4.98 Å². The molecule has 6 heteroatoms. The van der Waals surface area contributed by atoms with Gasteiger partial charge in [-0.3, -0.25) is 10.2 Å². The summed E-state index contributed by atoms with van der Waals surface area (Å²) in [5.74, 6) is 4.62. The topological polar surface area (TPSA) is 71.2 Å². The summed E-state index contributed by atoms with van der Waals surface area (Å²) in [4.78, 5) is 17.1. The maximum atomic E-state index is 11.0. The highest BCUT2D eigenvalue weighted by Gasteiger charge is 2.08. The molecule has 5 nitrogen and oxygen atoms in total. The number of amides is 1. The van der Waals surface area contributed by atoms with E-state index in [0.717, 1.165) is 11.6 Å². The van der Waals surface area contributed by atoms with Crippen molar-refractivity contribution in [2.45, 2.75) is 6.54 Å². The Hall–Kier alpha value is -0.980. The van der Waals surface area contributed by atoms with Gasteiger partial charge < -0.3 is 4.90 Å². The van der Waals surface area contributed by atoms with Crippen molar-refractivity contribution in [2.75, 3.05) is 14.1 Å². The van der Waals surface area contributed by atoms with Crippen molar-refractivity contribution < 1.29 is 4.79 Å². The molecule has 1 aromatic rings. The number of nitrogen functional groups attached to an aromatic ring is 1. The van der Waals surface area contributed by atoms with Crippen molar-refractivity contribution >= 4 is 17.2 Å². The van der Waals surface area contributed by atoms with E-state index in [1.165, 1.54) is 11.3 Å². The molecule has 72 valence electrons. The first-order valence-corrected chi connectivity index (χ1v) is 4.61. The van der Waals surface area contributed by atoms with Crippen LogP contribution in [0.5, 0.6) is 0 Å². The zero-order valence-electron chi connectivity index (χ0n) is 7.57. The first-order chi connectivity index (χ1) is 6.13. The molecule has 1 amide bonds. The summed E-state index contributed by atoms with van der Waals surface area (Å²) in [7, 11) is 3.90. The highest BCUT2D eigenvalue weighted by atomic mass is 32.1. The average molecular weight is 200 g/mol. The van der Waals surface area contributed by atoms with Gasteiger partial charge in [-0.2, -0.15) is 0 Å². The SMILES string of the molecule is CN(C)Cc1nc(C(=O)NN)cs1. The third-order valence-electron chi connectivity index (χ3n) is 1.37. The molecule has 0 radical (unpaired) electrons. The van der Waals surface area contributed by atoms with Crippen LogP contribution >= 0.6 is 11.3 Å². The molecule has 0 aliphatic carbocycles. The number of rotatable bonds is 3. The molecule has 3 N–H and O–H groups in total. The van der Waals surface area contributed by atoms with Gasteiger partial charge in [0.15, 0.2) is 0 Å². The van der Waals surface area contributed by atoms with E-state index in [1.54, 1.807) is 5.38 Å². The van der Waals surface area contributed by atoms with Gasteiger partial charge >= 0.3 is 0 Å². The van der Waals surface area contributed by atoms with Crippen molar-refractivity contribution in [3.05, 3.63) is 16.1 Å². The summed E-state index contributed by atoms with van der Waals surface area (Å²) in [6.07, 6.45) is 0. The Kier molecular flexibility index (Phi) is 3.35. The van der Waals surface area contributed by atoms with Gasteiger partial charge in [-0.1, -0.05) is 0 Å². The van der Waals surface area contributed by atoms with Crippen LogP contribution < -0.4 is 11.3 Å². The fourth-order valence-corrected chi connectivity index (χ4v) is 1.72. The number of hydrogen-bond acceptors (Lipinski definition) is 5. The highest BCUT2D eigenvalue weighted by Crippen LogP contribution is 2.10. The van der Waals surface area contributed by atoms with Crippen molar-refractivity contribution in [3.63, 3.8) is 0 Å². The first kappa shape index (κ1) is 10.1. The van der Waals surface area contributed by atoms with Crippen LogP contribution in [0.4, 0.5) is 0 Å². The third-order valence-corrected chi connectivity index (χ3v) is 2.20. The summed E-state index contributed by atoms with van der Waals surface area (Å²) >= 11 is 1.45. The number of carbonyl (C=O) groups excluding carboxylic acids is 1. The molecule has 0 aliphatic heterocycles. The third kappa shape index (κ3) is 2.76. The van der Waals surface area contributed by atoms with E-state index in [1.807, 2.05) is 24.4 Å². The summed E-state index contributed by atoms with van der Waals surface area (Å²) < 4.78 is 0. The molecule has 0 bridgehead atoms. The summed E-state index contributed by atoms with van der Waals surface area (Å²) in [6, 6.07) is 0. The van der Waals surface area contributed by atoms with Crippen molar-refractivity contribution in [1.29, 1.82) is 0 Å². The van der Waals surface area contributed by atoms with Crippen molar-refractivity contribution in [2.24, 2.45) is 5.84 Å². The number of aromatic nitrogens is 1. The standard InChI is InChI=1S/C7H12N4OS/c1-11(2)3-6-9-5(4-13-6)7(12)10-8/h4H,3,8H2,1-2H3,(H,10,12). The smallest absolute Gasteiger partial charge is 0.284 e. The number of hydrogen-bond donors (Lipinski definition) is 2. The Bertz CT molecular complexity index is 296. The fraction of sp³-hybridized carbons (Fsp3) is 0.429. The molecule has 1 aromatic heterocycles. The zero-order valence-corrected chi connectivity index (χ0v) is 8.39. The lowest BCUT2D eigenvalue weighted by Gasteiger charge is -2.04. The van der Waals surface area contributed by atoms with E-state index in [0.29, 0.717) is 5.69 Å². The summed E-state index contributed by atoms with van der Waals surface area (Å²) in [5.41, 5.74) is 2.42. The molecule has 1 rings (SSSR count). The minimum atomic E-state index is -0.346. The lowest BCUT2D eigenvalue weighted by Crippen LogP contribution is -2.30. The molecule has 0 fully saturated rings. The average Bonchev–Trinajstić information content (AvgIpc) is 2.50. The van der Waals surface area contributed by atoms with E-state index in [-0.39, 0.29) is 5.91 Å². The Morgan fingerprint density at radius 1 is 1.77 bits per heavy atom. The van der Waals surface area contributed by atoms with Gasteiger partial charge in [-0.05, 0) is 14.1 Å². The minimum absolute atomic E-state index is 0.346. The maximum Gasteiger partial charge on any atom is 0.284 e. The van der Waals surface area contributed by atoms with E-state index in [9.17, 15) is 4.79 Å². The molecular formula is C7H12N4OS. The number of nitrogens with two attached hydrogens (primary N) is 1. The second-order valence-corrected chi connectivity index (χ2v) is 3.78. The molecule has 0 saturated carbocycles. The maximum absolute atomic E-state index is 11.0. The number of nitrogens with zero attached hydrogens (tertiary/aromatic N) is 2. The normalized spacial score (nSPS) is 10.5. The van der Waals surface area contributed by atoms with Crippen molar-refractivity contribution in [1.82, 2.24) is 15.3 Å². The van der Waals surface area contributed by atoms with E-state index in [4.69, 9.17) is 5.84 Å². The Labute approximate surface area is 80.5 Å². The van der Waals surface area contributed by atoms with E-state index < -0.39 is 0 Å². The largest absolute Gasteiger partial charge is 0.303 e. The monoisotopic (exact) mass is 200 g/mol. The Morgan fingerprint density at radius 2 is 2.46 bits per heavy atom. The number of nitrogens with one attached hydrogen (secondary N) is 1. The molecule has 0 unspecified atom stereocenters. The van der Waals surface area contributed by atoms with Crippen LogP contribution in [0, 0.1) is 0 Å². The van der Waals surface area contributed by atoms with Crippen LogP contribution in [-0.4, -0.2) is 29.9 Å². The second kappa shape index (κ2) is 4.31. The van der Waals surface area contributed by atoms with Gasteiger partial charge in [-0.15, -0.1) is 11.3 Å². The van der Waals surface area contributed by atoms with Gasteiger partial charge in [0, 0.05) is 11.9 Å². The number of carbonyl (C=O) groups is 1. The summed E-state index contributed by atoms with van der Waals surface area (Å²) in [5, 5.41) is 2.60. The van der Waals surface area contributed by atoms with Gasteiger partial charge in [0.1, 0.15) is 10.7 Å². The Balaban J connectivity index is 2.69. The molecule has 0 atom stereocenters. The fourth-order valence-electron chi connectivity index (χ4n) is 0.832. The second-order valence-electron chi connectivity index (χ2n) is 2.84. The molecule has 1 heterocycles. The van der Waals surface area contributed by atoms with Crippen LogP contribution in [0.1, 0.15) is 15.5 Å². The molecule has 0 aliphatic rings.